The zero-order valence-electron chi connectivity index (χ0n) is 21.6. The van der Waals surface area contributed by atoms with Gasteiger partial charge in [-0.05, 0) is 41.3 Å². The van der Waals surface area contributed by atoms with Crippen molar-refractivity contribution in [2.45, 2.75) is 32.4 Å². The van der Waals surface area contributed by atoms with Gasteiger partial charge in [0.05, 0.1) is 4.92 Å². The number of benzene rings is 2. The second-order valence-electron chi connectivity index (χ2n) is 8.72. The molecule has 1 atom stereocenters. The van der Waals surface area contributed by atoms with E-state index in [1.54, 1.807) is 50.5 Å². The van der Waals surface area contributed by atoms with Gasteiger partial charge >= 0.3 is 12.1 Å². The Morgan fingerprint density at radius 3 is 2.28 bits per heavy atom. The number of carboxylic acid groups (broad SMARTS) is 1. The maximum Gasteiger partial charge on any atom is 0.414 e. The summed E-state index contributed by atoms with van der Waals surface area (Å²) in [5, 5.41) is 23.5. The number of hydrogen-bond acceptors (Lipinski definition) is 10. The number of non-ortho nitro benzene ring substituents is 1. The quantitative estimate of drug-likeness (QED) is 0.244. The van der Waals surface area contributed by atoms with Crippen LogP contribution in [-0.2, 0) is 17.8 Å². The molecule has 0 aliphatic rings. The minimum Gasteiger partial charge on any atom is -0.480 e. The third kappa shape index (κ3) is 8.50. The Morgan fingerprint density at radius 2 is 1.72 bits per heavy atom. The lowest BCUT2D eigenvalue weighted by atomic mass is 10.1. The van der Waals surface area contributed by atoms with E-state index in [0.29, 0.717) is 24.4 Å². The molecule has 2 N–H and O–H groups in total. The van der Waals surface area contributed by atoms with Gasteiger partial charge in [0.25, 0.3) is 5.69 Å². The smallest absolute Gasteiger partial charge is 0.414 e. The van der Waals surface area contributed by atoms with Crippen LogP contribution in [0.5, 0.6) is 5.75 Å². The van der Waals surface area contributed by atoms with Crippen LogP contribution in [0.2, 0.25) is 5.28 Å². The normalized spacial score (nSPS) is 11.4. The molecule has 0 saturated carbocycles. The first-order chi connectivity index (χ1) is 18.5. The molecule has 3 aromatic rings. The summed E-state index contributed by atoms with van der Waals surface area (Å²) in [5.74, 6) is -0.588. The number of nitrogens with zero attached hydrogens (tertiary/aromatic N) is 6. The monoisotopic (exact) mass is 557 g/mol. The van der Waals surface area contributed by atoms with Crippen molar-refractivity contribution in [1.82, 2.24) is 19.9 Å². The minimum absolute atomic E-state index is 0.0144. The lowest BCUT2D eigenvalue weighted by Crippen LogP contribution is -2.33. The average Bonchev–Trinajstić information content (AvgIpc) is 2.89. The molecule has 3 rings (SSSR count). The number of carbonyl (C=O) groups is 2. The molecule has 13 nitrogen and oxygen atoms in total. The summed E-state index contributed by atoms with van der Waals surface area (Å²) in [4.78, 5) is 50.0. The highest BCUT2D eigenvalue weighted by molar-refractivity contribution is 6.28. The molecule has 0 fully saturated rings. The van der Waals surface area contributed by atoms with E-state index >= 15 is 0 Å². The van der Waals surface area contributed by atoms with Crippen molar-refractivity contribution in [2.24, 2.45) is 0 Å². The van der Waals surface area contributed by atoms with Crippen LogP contribution in [0.1, 0.15) is 24.5 Å². The summed E-state index contributed by atoms with van der Waals surface area (Å²) < 4.78 is 5.19. The molecule has 14 heteroatoms. The summed E-state index contributed by atoms with van der Waals surface area (Å²) in [6.45, 7) is 2.86. The van der Waals surface area contributed by atoms with Crippen LogP contribution in [0.4, 0.5) is 22.4 Å². The fraction of sp³-hybridized carbons (Fsp3) is 0.320. The van der Waals surface area contributed by atoms with Crippen molar-refractivity contribution in [3.63, 3.8) is 0 Å². The Morgan fingerprint density at radius 1 is 1.08 bits per heavy atom. The highest BCUT2D eigenvalue weighted by Crippen LogP contribution is 2.20. The van der Waals surface area contributed by atoms with E-state index in [1.165, 1.54) is 17.0 Å². The van der Waals surface area contributed by atoms with E-state index in [-0.39, 0.29) is 29.3 Å². The van der Waals surface area contributed by atoms with Gasteiger partial charge in [-0.2, -0.15) is 15.0 Å². The number of aromatic nitrogens is 3. The largest absolute Gasteiger partial charge is 0.480 e. The molecule has 0 aliphatic carbocycles. The number of carboxylic acids is 1. The molecule has 1 heterocycles. The Kier molecular flexibility index (Phi) is 9.92. The molecule has 0 bridgehead atoms. The van der Waals surface area contributed by atoms with E-state index in [0.717, 1.165) is 12.0 Å². The summed E-state index contributed by atoms with van der Waals surface area (Å²) in [6, 6.07) is 11.5. The number of hydrogen-bond donors (Lipinski definition) is 2. The molecule has 0 radical (unpaired) electrons. The highest BCUT2D eigenvalue weighted by atomic mass is 35.5. The van der Waals surface area contributed by atoms with Gasteiger partial charge in [-0.3, -0.25) is 10.1 Å². The van der Waals surface area contributed by atoms with Crippen molar-refractivity contribution < 1.29 is 24.4 Å². The minimum atomic E-state index is -1.13. The standard InChI is InChI=1S/C25H28ClN7O6/c1-4-13-32(15-17-5-9-18(10-6-17)33(37)38)24-29-22(26)28-23(30-24)27-20(21(34)35)14-16-7-11-19(12-8-16)39-25(36)31(2)3/h5-12,20H,4,13-15H2,1-3H3,(H,34,35)(H,27,28,29,30)/t20-/m0/s1. The lowest BCUT2D eigenvalue weighted by Gasteiger charge is -2.23. The number of rotatable bonds is 12. The zero-order valence-corrected chi connectivity index (χ0v) is 22.3. The van der Waals surface area contributed by atoms with E-state index in [4.69, 9.17) is 16.3 Å². The molecule has 0 unspecified atom stereocenters. The van der Waals surface area contributed by atoms with Crippen LogP contribution in [-0.4, -0.2) is 68.6 Å². The summed E-state index contributed by atoms with van der Waals surface area (Å²) in [6.07, 6.45) is 0.301. The van der Waals surface area contributed by atoms with E-state index in [1.807, 2.05) is 11.8 Å². The van der Waals surface area contributed by atoms with Crippen molar-refractivity contribution in [3.05, 3.63) is 75.1 Å². The number of ether oxygens (including phenoxy) is 1. The molecule has 0 spiro atoms. The van der Waals surface area contributed by atoms with E-state index in [2.05, 4.69) is 20.3 Å². The number of anilines is 2. The van der Waals surface area contributed by atoms with Gasteiger partial charge < -0.3 is 25.0 Å². The van der Waals surface area contributed by atoms with E-state index in [9.17, 15) is 24.8 Å². The third-order valence-electron chi connectivity index (χ3n) is 5.43. The molecule has 2 aromatic carbocycles. The molecular formula is C25H28ClN7O6. The summed E-state index contributed by atoms with van der Waals surface area (Å²) in [7, 11) is 3.13. The Hall–Kier alpha value is -4.52. The summed E-state index contributed by atoms with van der Waals surface area (Å²) >= 11 is 6.16. The summed E-state index contributed by atoms with van der Waals surface area (Å²) in [5.41, 5.74) is 1.45. The van der Waals surface area contributed by atoms with Crippen molar-refractivity contribution in [1.29, 1.82) is 0 Å². The molecule has 0 saturated heterocycles. The van der Waals surface area contributed by atoms with Gasteiger partial charge in [0.1, 0.15) is 11.8 Å². The van der Waals surface area contributed by atoms with Crippen LogP contribution in [0.3, 0.4) is 0 Å². The Balaban J connectivity index is 1.76. The lowest BCUT2D eigenvalue weighted by molar-refractivity contribution is -0.384. The number of carbonyl (C=O) groups excluding carboxylic acids is 1. The number of amides is 1. The molecule has 1 aromatic heterocycles. The fourth-order valence-electron chi connectivity index (χ4n) is 3.49. The fourth-order valence-corrected chi connectivity index (χ4v) is 3.64. The number of aliphatic carboxylic acids is 1. The first-order valence-corrected chi connectivity index (χ1v) is 12.3. The maximum absolute atomic E-state index is 12.0. The van der Waals surface area contributed by atoms with Crippen LogP contribution in [0, 0.1) is 10.1 Å². The SMILES string of the molecule is CCCN(Cc1ccc([N+](=O)[O-])cc1)c1nc(Cl)nc(N[C@@H](Cc2ccc(OC(=O)N(C)C)cc2)C(=O)O)n1. The molecule has 1 amide bonds. The number of halogens is 1. The van der Waals surface area contributed by atoms with Gasteiger partial charge in [-0.1, -0.05) is 31.2 Å². The highest BCUT2D eigenvalue weighted by Gasteiger charge is 2.21. The van der Waals surface area contributed by atoms with Crippen LogP contribution < -0.4 is 15.0 Å². The van der Waals surface area contributed by atoms with Crippen LogP contribution in [0.15, 0.2) is 48.5 Å². The predicted molar refractivity (Wildman–Crippen MR) is 144 cm³/mol. The molecule has 39 heavy (non-hydrogen) atoms. The number of nitro benzene ring substituents is 1. The van der Waals surface area contributed by atoms with Gasteiger partial charge in [0.15, 0.2) is 0 Å². The van der Waals surface area contributed by atoms with Gasteiger partial charge in [0, 0.05) is 45.7 Å². The molecule has 0 aliphatic heterocycles. The van der Waals surface area contributed by atoms with Gasteiger partial charge in [-0.25, -0.2) is 9.59 Å². The average molecular weight is 558 g/mol. The first kappa shape index (κ1) is 29.0. The van der Waals surface area contributed by atoms with Crippen molar-refractivity contribution >= 4 is 41.2 Å². The molecule has 206 valence electrons. The van der Waals surface area contributed by atoms with E-state index < -0.39 is 23.0 Å². The Labute approximate surface area is 229 Å². The number of nitro groups is 1. The van der Waals surface area contributed by atoms with Gasteiger partial charge in [-0.15, -0.1) is 0 Å². The van der Waals surface area contributed by atoms with Crippen LogP contribution >= 0.6 is 11.6 Å². The van der Waals surface area contributed by atoms with Crippen molar-refractivity contribution in [3.8, 4) is 5.75 Å². The Bertz CT molecular complexity index is 1310. The van der Waals surface area contributed by atoms with Gasteiger partial charge in [0.2, 0.25) is 17.2 Å². The number of nitrogens with one attached hydrogen (secondary N) is 1. The predicted octanol–water partition coefficient (Wildman–Crippen LogP) is 4.02. The second kappa shape index (κ2) is 13.3. The zero-order chi connectivity index (χ0) is 28.5. The van der Waals surface area contributed by atoms with Crippen molar-refractivity contribution in [2.75, 3.05) is 30.9 Å². The maximum atomic E-state index is 12.0. The molecular weight excluding hydrogens is 530 g/mol. The first-order valence-electron chi connectivity index (χ1n) is 11.9. The third-order valence-corrected chi connectivity index (χ3v) is 5.60. The second-order valence-corrected chi connectivity index (χ2v) is 9.06. The topological polar surface area (TPSA) is 164 Å². The van der Waals surface area contributed by atoms with Crippen LogP contribution in [0.25, 0.3) is 0 Å².